The maximum Gasteiger partial charge on any atom is 0.100 e. The Morgan fingerprint density at radius 2 is 1.32 bits per heavy atom. The zero-order valence-electron chi connectivity index (χ0n) is 16.9. The first-order valence-electron chi connectivity index (χ1n) is 11.2. The summed E-state index contributed by atoms with van der Waals surface area (Å²) in [4.78, 5) is 0. The van der Waals surface area contributed by atoms with Gasteiger partial charge < -0.3 is 9.84 Å². The molecule has 0 aromatic rings. The highest BCUT2D eigenvalue weighted by atomic mass is 32.2. The highest BCUT2D eigenvalue weighted by Crippen LogP contribution is 2.29. The van der Waals surface area contributed by atoms with Crippen LogP contribution in [0, 0.1) is 0 Å². The van der Waals surface area contributed by atoms with Gasteiger partial charge >= 0.3 is 0 Å². The summed E-state index contributed by atoms with van der Waals surface area (Å²) in [6.07, 6.45) is 22.1. The van der Waals surface area contributed by atoms with Gasteiger partial charge in [-0.05, 0) is 25.0 Å². The highest BCUT2D eigenvalue weighted by Gasteiger charge is 2.34. The largest absolute Gasteiger partial charge is 0.393 e. The van der Waals surface area contributed by atoms with Crippen LogP contribution in [0.15, 0.2) is 0 Å². The maximum absolute atomic E-state index is 9.50. The molecule has 1 heterocycles. The van der Waals surface area contributed by atoms with E-state index in [1.54, 1.807) is 0 Å². The summed E-state index contributed by atoms with van der Waals surface area (Å²) in [6, 6.07) is 0. The van der Waals surface area contributed by atoms with E-state index in [2.05, 4.69) is 6.92 Å². The minimum absolute atomic E-state index is 0.193. The Morgan fingerprint density at radius 1 is 0.800 bits per heavy atom. The van der Waals surface area contributed by atoms with Crippen molar-refractivity contribution in [3.63, 3.8) is 0 Å². The average molecular weight is 373 g/mol. The summed E-state index contributed by atoms with van der Waals surface area (Å²) in [5.74, 6) is 2.20. The Kier molecular flexibility index (Phi) is 15.3. The molecule has 1 fully saturated rings. The van der Waals surface area contributed by atoms with Gasteiger partial charge in [0, 0.05) is 12.4 Å². The fraction of sp³-hybridized carbons (Fsp3) is 1.00. The van der Waals surface area contributed by atoms with Gasteiger partial charge in [0.05, 0.1) is 6.61 Å². The topological polar surface area (TPSA) is 29.5 Å². The van der Waals surface area contributed by atoms with E-state index >= 15 is 0 Å². The molecule has 0 spiro atoms. The molecule has 1 atom stereocenters. The van der Waals surface area contributed by atoms with Crippen LogP contribution in [0.25, 0.3) is 0 Å². The number of rotatable bonds is 18. The molecule has 1 rings (SSSR count). The Bertz CT molecular complexity index is 277. The number of aliphatic hydroxyl groups is 1. The van der Waals surface area contributed by atoms with Crippen LogP contribution in [0.1, 0.15) is 110 Å². The summed E-state index contributed by atoms with van der Waals surface area (Å²) in [5.41, 5.74) is -0.208. The molecule has 150 valence electrons. The minimum Gasteiger partial charge on any atom is -0.393 e. The SMILES string of the molecule is CCCCCCCCCCCCCCCCSCC1(CO)CCCO1. The fourth-order valence-corrected chi connectivity index (χ4v) is 4.94. The monoisotopic (exact) mass is 372 g/mol. The van der Waals surface area contributed by atoms with Gasteiger partial charge in [-0.15, -0.1) is 0 Å². The lowest BCUT2D eigenvalue weighted by molar-refractivity contribution is -0.0198. The Morgan fingerprint density at radius 3 is 1.76 bits per heavy atom. The number of aliphatic hydroxyl groups excluding tert-OH is 1. The molecule has 0 aromatic carbocycles. The minimum atomic E-state index is -0.208. The van der Waals surface area contributed by atoms with Crippen molar-refractivity contribution >= 4 is 11.8 Å². The predicted octanol–water partition coefficient (Wildman–Crippen LogP) is 6.74. The summed E-state index contributed by atoms with van der Waals surface area (Å²) in [5, 5.41) is 9.50. The number of unbranched alkanes of at least 4 members (excludes halogenated alkanes) is 13. The second-order valence-electron chi connectivity index (χ2n) is 7.94. The molecule has 1 unspecified atom stereocenters. The lowest BCUT2D eigenvalue weighted by atomic mass is 10.0. The van der Waals surface area contributed by atoms with E-state index in [1.807, 2.05) is 11.8 Å². The van der Waals surface area contributed by atoms with E-state index in [9.17, 15) is 5.11 Å². The highest BCUT2D eigenvalue weighted by molar-refractivity contribution is 7.99. The molecule has 1 aliphatic heterocycles. The van der Waals surface area contributed by atoms with Gasteiger partial charge in [-0.2, -0.15) is 11.8 Å². The molecule has 3 heteroatoms. The molecular weight excluding hydrogens is 328 g/mol. The molecular formula is C22H44O2S. The molecule has 1 N–H and O–H groups in total. The van der Waals surface area contributed by atoms with Crippen molar-refractivity contribution < 1.29 is 9.84 Å². The van der Waals surface area contributed by atoms with E-state index in [-0.39, 0.29) is 12.2 Å². The number of hydrogen-bond donors (Lipinski definition) is 1. The second kappa shape index (κ2) is 16.4. The van der Waals surface area contributed by atoms with Crippen LogP contribution in [-0.2, 0) is 4.74 Å². The molecule has 0 aliphatic carbocycles. The third kappa shape index (κ3) is 12.3. The Hall–Kier alpha value is 0.270. The first-order valence-corrected chi connectivity index (χ1v) is 12.3. The van der Waals surface area contributed by atoms with E-state index in [4.69, 9.17) is 4.74 Å². The molecule has 25 heavy (non-hydrogen) atoms. The van der Waals surface area contributed by atoms with Crippen molar-refractivity contribution in [2.45, 2.75) is 115 Å². The Balaban J connectivity index is 1.73. The van der Waals surface area contributed by atoms with Gasteiger partial charge in [0.2, 0.25) is 0 Å². The van der Waals surface area contributed by atoms with Crippen molar-refractivity contribution in [3.05, 3.63) is 0 Å². The molecule has 0 bridgehead atoms. The fourth-order valence-electron chi connectivity index (χ4n) is 3.70. The molecule has 1 aliphatic rings. The molecule has 0 radical (unpaired) electrons. The third-order valence-electron chi connectivity index (χ3n) is 5.48. The van der Waals surface area contributed by atoms with Crippen molar-refractivity contribution in [3.8, 4) is 0 Å². The summed E-state index contributed by atoms with van der Waals surface area (Å²) < 4.78 is 5.74. The second-order valence-corrected chi connectivity index (χ2v) is 9.05. The van der Waals surface area contributed by atoms with Crippen LogP contribution in [0.5, 0.6) is 0 Å². The van der Waals surface area contributed by atoms with Crippen LogP contribution < -0.4 is 0 Å². The zero-order valence-corrected chi connectivity index (χ0v) is 17.7. The van der Waals surface area contributed by atoms with E-state index < -0.39 is 0 Å². The summed E-state index contributed by atoms with van der Waals surface area (Å²) >= 11 is 1.97. The van der Waals surface area contributed by atoms with E-state index in [0.29, 0.717) is 0 Å². The van der Waals surface area contributed by atoms with Gasteiger partial charge in [-0.1, -0.05) is 90.4 Å². The van der Waals surface area contributed by atoms with E-state index in [0.717, 1.165) is 25.2 Å². The van der Waals surface area contributed by atoms with Gasteiger partial charge in [0.15, 0.2) is 0 Å². The van der Waals surface area contributed by atoms with Gasteiger partial charge in [-0.3, -0.25) is 0 Å². The predicted molar refractivity (Wildman–Crippen MR) is 113 cm³/mol. The lowest BCUT2D eigenvalue weighted by Gasteiger charge is -2.25. The normalized spacial score (nSPS) is 20.4. The van der Waals surface area contributed by atoms with Gasteiger partial charge in [0.1, 0.15) is 5.60 Å². The van der Waals surface area contributed by atoms with Crippen LogP contribution in [0.2, 0.25) is 0 Å². The summed E-state index contributed by atoms with van der Waals surface area (Å²) in [6.45, 7) is 3.31. The first kappa shape index (κ1) is 23.3. The maximum atomic E-state index is 9.50. The summed E-state index contributed by atoms with van der Waals surface area (Å²) in [7, 11) is 0. The van der Waals surface area contributed by atoms with Crippen LogP contribution in [-0.4, -0.2) is 35.4 Å². The lowest BCUT2D eigenvalue weighted by Crippen LogP contribution is -2.35. The van der Waals surface area contributed by atoms with Gasteiger partial charge in [-0.25, -0.2) is 0 Å². The zero-order chi connectivity index (χ0) is 18.1. The van der Waals surface area contributed by atoms with Crippen molar-refractivity contribution in [2.24, 2.45) is 0 Å². The van der Waals surface area contributed by atoms with Crippen molar-refractivity contribution in [1.82, 2.24) is 0 Å². The number of hydrogen-bond acceptors (Lipinski definition) is 3. The van der Waals surface area contributed by atoms with Crippen LogP contribution in [0.3, 0.4) is 0 Å². The first-order chi connectivity index (χ1) is 12.3. The molecule has 0 aromatic heterocycles. The molecule has 0 saturated carbocycles. The quantitative estimate of drug-likeness (QED) is 0.270. The number of thioether (sulfide) groups is 1. The average Bonchev–Trinajstić information content (AvgIpc) is 3.11. The smallest absolute Gasteiger partial charge is 0.100 e. The van der Waals surface area contributed by atoms with Crippen LogP contribution >= 0.6 is 11.8 Å². The van der Waals surface area contributed by atoms with Crippen LogP contribution in [0.4, 0.5) is 0 Å². The molecule has 2 nitrogen and oxygen atoms in total. The van der Waals surface area contributed by atoms with Crippen molar-refractivity contribution in [1.29, 1.82) is 0 Å². The standard InChI is InChI=1S/C22H44O2S/c1-2-3-4-5-6-7-8-9-10-11-12-13-14-15-19-25-21-22(20-23)17-16-18-24-22/h23H,2-21H2,1H3. The molecule has 1 saturated heterocycles. The third-order valence-corrected chi connectivity index (χ3v) is 6.79. The number of ether oxygens (including phenoxy) is 1. The van der Waals surface area contributed by atoms with Crippen molar-refractivity contribution in [2.75, 3.05) is 24.7 Å². The van der Waals surface area contributed by atoms with Gasteiger partial charge in [0.25, 0.3) is 0 Å². The molecule has 0 amide bonds. The van der Waals surface area contributed by atoms with E-state index in [1.165, 1.54) is 95.6 Å². The Labute approximate surface area is 161 Å².